The van der Waals surface area contributed by atoms with E-state index >= 15 is 0 Å². The minimum atomic E-state index is -0.184. The zero-order valence-electron chi connectivity index (χ0n) is 19.6. The van der Waals surface area contributed by atoms with Crippen LogP contribution in [0, 0.1) is 34.5 Å². The van der Waals surface area contributed by atoms with Crippen LogP contribution >= 0.6 is 0 Å². The monoisotopic (exact) mass is 399 g/mol. The fourth-order valence-corrected chi connectivity index (χ4v) is 7.84. The summed E-state index contributed by atoms with van der Waals surface area (Å²) in [5, 5.41) is 3.55. The number of carbonyl (C=O) groups is 1. The van der Waals surface area contributed by atoms with Crippen LogP contribution in [0.3, 0.4) is 0 Å². The highest BCUT2D eigenvalue weighted by atomic mass is 16.2. The highest BCUT2D eigenvalue weighted by molar-refractivity contribution is 5.83. The lowest BCUT2D eigenvalue weighted by atomic mass is 9.46. The first kappa shape index (κ1) is 21.4. The van der Waals surface area contributed by atoms with Gasteiger partial charge in [-0.05, 0) is 80.5 Å². The second kappa shape index (κ2) is 8.39. The molecule has 3 fully saturated rings. The molecule has 0 aromatic carbocycles. The predicted octanol–water partition coefficient (Wildman–Crippen LogP) is 7.04. The summed E-state index contributed by atoms with van der Waals surface area (Å²) in [7, 11) is 0. The van der Waals surface area contributed by atoms with Crippen molar-refractivity contribution < 1.29 is 4.79 Å². The fourth-order valence-electron chi connectivity index (χ4n) is 7.84. The molecule has 0 aromatic heterocycles. The van der Waals surface area contributed by atoms with Gasteiger partial charge in [-0.1, -0.05) is 71.4 Å². The SMILES string of the molecule is CC(C)C1CC[C@H]2C(=CCC3[C@](C)(C(=O)NC4CCCCCC4)CCC[C@@]32C)C1. The van der Waals surface area contributed by atoms with Gasteiger partial charge >= 0.3 is 0 Å². The van der Waals surface area contributed by atoms with Crippen LogP contribution < -0.4 is 5.32 Å². The van der Waals surface area contributed by atoms with Gasteiger partial charge in [0, 0.05) is 6.04 Å². The molecule has 4 rings (SSSR count). The van der Waals surface area contributed by atoms with Crippen LogP contribution in [0.4, 0.5) is 0 Å². The highest BCUT2D eigenvalue weighted by Gasteiger charge is 2.57. The Labute approximate surface area is 179 Å². The molecular formula is C27H45NO. The summed E-state index contributed by atoms with van der Waals surface area (Å²) in [6, 6.07) is 0.422. The molecule has 2 unspecified atom stereocenters. The van der Waals surface area contributed by atoms with Gasteiger partial charge in [-0.2, -0.15) is 0 Å². The largest absolute Gasteiger partial charge is 0.353 e. The molecule has 29 heavy (non-hydrogen) atoms. The van der Waals surface area contributed by atoms with Gasteiger partial charge in [0.1, 0.15) is 0 Å². The van der Waals surface area contributed by atoms with Crippen molar-refractivity contribution in [2.45, 2.75) is 117 Å². The number of carbonyl (C=O) groups excluding carboxylic acids is 1. The van der Waals surface area contributed by atoms with E-state index in [9.17, 15) is 4.79 Å². The summed E-state index contributed by atoms with van der Waals surface area (Å²) < 4.78 is 0. The number of hydrogen-bond acceptors (Lipinski definition) is 1. The Hall–Kier alpha value is -0.790. The van der Waals surface area contributed by atoms with Gasteiger partial charge in [0.15, 0.2) is 0 Å². The summed E-state index contributed by atoms with van der Waals surface area (Å²) in [5.41, 5.74) is 1.89. The minimum Gasteiger partial charge on any atom is -0.353 e. The predicted molar refractivity (Wildman–Crippen MR) is 122 cm³/mol. The molecule has 0 spiro atoms. The van der Waals surface area contributed by atoms with Crippen LogP contribution in [0.25, 0.3) is 0 Å². The van der Waals surface area contributed by atoms with Gasteiger partial charge in [-0.3, -0.25) is 4.79 Å². The molecule has 3 saturated carbocycles. The van der Waals surface area contributed by atoms with Gasteiger partial charge in [0.25, 0.3) is 0 Å². The summed E-state index contributed by atoms with van der Waals surface area (Å²) in [6.45, 7) is 9.67. The van der Waals surface area contributed by atoms with E-state index in [4.69, 9.17) is 0 Å². The third kappa shape index (κ3) is 3.94. The normalized spacial score (nSPS) is 41.1. The lowest BCUT2D eigenvalue weighted by molar-refractivity contribution is -0.145. The Morgan fingerprint density at radius 2 is 1.72 bits per heavy atom. The topological polar surface area (TPSA) is 29.1 Å². The summed E-state index contributed by atoms with van der Waals surface area (Å²) in [6.07, 6.45) is 19.0. The smallest absolute Gasteiger partial charge is 0.226 e. The van der Waals surface area contributed by atoms with Crippen molar-refractivity contribution in [2.24, 2.45) is 34.5 Å². The second-order valence-corrected chi connectivity index (χ2v) is 11.8. The van der Waals surface area contributed by atoms with Crippen molar-refractivity contribution in [2.75, 3.05) is 0 Å². The molecule has 0 aromatic rings. The van der Waals surface area contributed by atoms with Gasteiger partial charge in [-0.25, -0.2) is 0 Å². The molecule has 1 amide bonds. The maximum atomic E-state index is 13.7. The number of fused-ring (bicyclic) bond motifs is 3. The maximum Gasteiger partial charge on any atom is 0.226 e. The molecule has 2 nitrogen and oxygen atoms in total. The molecule has 164 valence electrons. The first-order valence-corrected chi connectivity index (χ1v) is 12.8. The standard InChI is InChI=1S/C27H45NO/c1-19(2)20-12-14-23-21(18-20)13-15-24-26(23,3)16-9-17-27(24,4)25(29)28-22-10-7-5-6-8-11-22/h13,19-20,22-24H,5-12,14-18H2,1-4H3,(H,28,29)/t20?,23-,24?,26+,27+/m0/s1. The molecule has 2 heteroatoms. The van der Waals surface area contributed by atoms with Crippen LogP contribution in [0.15, 0.2) is 11.6 Å². The quantitative estimate of drug-likeness (QED) is 0.400. The molecule has 4 aliphatic rings. The summed E-state index contributed by atoms with van der Waals surface area (Å²) >= 11 is 0. The first-order valence-electron chi connectivity index (χ1n) is 12.8. The highest BCUT2D eigenvalue weighted by Crippen LogP contribution is 2.63. The van der Waals surface area contributed by atoms with E-state index in [-0.39, 0.29) is 5.41 Å². The molecule has 0 heterocycles. The number of hydrogen-bond donors (Lipinski definition) is 1. The van der Waals surface area contributed by atoms with Crippen LogP contribution in [0.1, 0.15) is 111 Å². The van der Waals surface area contributed by atoms with Crippen LogP contribution in [-0.4, -0.2) is 11.9 Å². The molecule has 5 atom stereocenters. The molecule has 0 bridgehead atoms. The summed E-state index contributed by atoms with van der Waals surface area (Å²) in [4.78, 5) is 13.7. The Bertz CT molecular complexity index is 628. The number of rotatable bonds is 3. The van der Waals surface area contributed by atoms with Gasteiger partial charge in [-0.15, -0.1) is 0 Å². The van der Waals surface area contributed by atoms with E-state index in [1.54, 1.807) is 5.57 Å². The second-order valence-electron chi connectivity index (χ2n) is 11.8. The Morgan fingerprint density at radius 3 is 2.41 bits per heavy atom. The minimum absolute atomic E-state index is 0.184. The van der Waals surface area contributed by atoms with Crippen molar-refractivity contribution in [3.8, 4) is 0 Å². The first-order chi connectivity index (χ1) is 13.8. The number of amides is 1. The number of allylic oxidation sites excluding steroid dienone is 2. The third-order valence-corrected chi connectivity index (χ3v) is 9.81. The van der Waals surface area contributed by atoms with Crippen molar-refractivity contribution in [1.29, 1.82) is 0 Å². The van der Waals surface area contributed by atoms with Crippen LogP contribution in [0.5, 0.6) is 0 Å². The molecule has 0 saturated heterocycles. The molecule has 0 radical (unpaired) electrons. The molecular weight excluding hydrogens is 354 g/mol. The average Bonchev–Trinajstić information content (AvgIpc) is 2.96. The molecule has 1 N–H and O–H groups in total. The van der Waals surface area contributed by atoms with E-state index < -0.39 is 0 Å². The van der Waals surface area contributed by atoms with Crippen molar-refractivity contribution >= 4 is 5.91 Å². The third-order valence-electron chi connectivity index (χ3n) is 9.81. The lowest BCUT2D eigenvalue weighted by Crippen LogP contribution is -2.57. The van der Waals surface area contributed by atoms with Crippen molar-refractivity contribution in [1.82, 2.24) is 5.32 Å². The van der Waals surface area contributed by atoms with E-state index in [0.29, 0.717) is 23.3 Å². The number of nitrogens with one attached hydrogen (secondary N) is 1. The van der Waals surface area contributed by atoms with Gasteiger partial charge < -0.3 is 5.32 Å². The zero-order chi connectivity index (χ0) is 20.6. The van der Waals surface area contributed by atoms with E-state index in [2.05, 4.69) is 39.1 Å². The van der Waals surface area contributed by atoms with Crippen molar-refractivity contribution in [3.63, 3.8) is 0 Å². The molecule has 0 aliphatic heterocycles. The lowest BCUT2D eigenvalue weighted by Gasteiger charge is -2.58. The summed E-state index contributed by atoms with van der Waals surface area (Å²) in [5.74, 6) is 3.28. The van der Waals surface area contributed by atoms with Crippen LogP contribution in [-0.2, 0) is 4.79 Å². The van der Waals surface area contributed by atoms with E-state index in [1.807, 2.05) is 0 Å². The van der Waals surface area contributed by atoms with Crippen molar-refractivity contribution in [3.05, 3.63) is 11.6 Å². The van der Waals surface area contributed by atoms with E-state index in [1.165, 1.54) is 70.6 Å². The zero-order valence-corrected chi connectivity index (χ0v) is 19.6. The maximum absolute atomic E-state index is 13.7. The van der Waals surface area contributed by atoms with Crippen LogP contribution in [0.2, 0.25) is 0 Å². The average molecular weight is 400 g/mol. The Kier molecular flexibility index (Phi) is 6.20. The van der Waals surface area contributed by atoms with E-state index in [0.717, 1.165) is 30.6 Å². The molecule has 4 aliphatic carbocycles. The van der Waals surface area contributed by atoms with Gasteiger partial charge in [0.05, 0.1) is 5.41 Å². The Balaban J connectivity index is 1.53. The fraction of sp³-hybridized carbons (Fsp3) is 0.889. The van der Waals surface area contributed by atoms with Gasteiger partial charge in [0.2, 0.25) is 5.91 Å². The Morgan fingerprint density at radius 1 is 1.00 bits per heavy atom.